The normalized spacial score (nSPS) is 22.5. The number of hydrogen-bond acceptors (Lipinski definition) is 3. The van der Waals surface area contributed by atoms with Crippen LogP contribution in [0.2, 0.25) is 0 Å². The highest BCUT2D eigenvalue weighted by molar-refractivity contribution is 6.08. The molecular weight excluding hydrogens is 186 g/mol. The smallest absolute Gasteiger partial charge is 0.325 e. The quantitative estimate of drug-likeness (QED) is 0.570. The molecule has 1 unspecified atom stereocenters. The van der Waals surface area contributed by atoms with Gasteiger partial charge in [0.15, 0.2) is 0 Å². The van der Waals surface area contributed by atoms with Crippen LogP contribution >= 0.6 is 0 Å². The van der Waals surface area contributed by atoms with E-state index < -0.39 is 29.4 Å². The van der Waals surface area contributed by atoms with Crippen molar-refractivity contribution in [3.05, 3.63) is 0 Å². The van der Waals surface area contributed by atoms with Crippen LogP contribution in [0.4, 0.5) is 4.79 Å². The first-order valence-electron chi connectivity index (χ1n) is 4.23. The number of nitrogens with two attached hydrogens (primary N) is 1. The van der Waals surface area contributed by atoms with Crippen LogP contribution in [0, 0.1) is 0 Å². The fourth-order valence-corrected chi connectivity index (χ4v) is 1.24. The number of rotatable bonds is 2. The second-order valence-electron chi connectivity index (χ2n) is 3.77. The molecule has 6 nitrogen and oxygen atoms in total. The van der Waals surface area contributed by atoms with Gasteiger partial charge in [-0.05, 0) is 20.8 Å². The largest absolute Gasteiger partial charge is 0.368 e. The second-order valence-corrected chi connectivity index (χ2v) is 3.77. The molecule has 0 spiro atoms. The van der Waals surface area contributed by atoms with Crippen molar-refractivity contribution < 1.29 is 14.4 Å². The standard InChI is InChI=1S/C8H13N3O3/c1-4-5(12)11(7(14)10-4)8(2,3)6(9)13/h4H,1-3H3,(H2,9,13)(H,10,14). The number of nitrogens with one attached hydrogen (secondary N) is 1. The Balaban J connectivity index is 3.04. The van der Waals surface area contributed by atoms with E-state index in [1.165, 1.54) is 13.8 Å². The van der Waals surface area contributed by atoms with Gasteiger partial charge in [0.05, 0.1) is 0 Å². The van der Waals surface area contributed by atoms with Crippen LogP contribution in [-0.2, 0) is 9.59 Å². The van der Waals surface area contributed by atoms with Crippen molar-refractivity contribution in [3.8, 4) is 0 Å². The molecule has 0 bridgehead atoms. The highest BCUT2D eigenvalue weighted by atomic mass is 16.2. The molecule has 0 saturated carbocycles. The maximum Gasteiger partial charge on any atom is 0.325 e. The molecule has 0 aromatic rings. The van der Waals surface area contributed by atoms with Crippen molar-refractivity contribution in [2.75, 3.05) is 0 Å². The lowest BCUT2D eigenvalue weighted by Gasteiger charge is -2.29. The Morgan fingerprint density at radius 1 is 1.50 bits per heavy atom. The molecular formula is C8H13N3O3. The summed E-state index contributed by atoms with van der Waals surface area (Å²) in [7, 11) is 0. The Morgan fingerprint density at radius 3 is 2.29 bits per heavy atom. The van der Waals surface area contributed by atoms with E-state index in [1.54, 1.807) is 6.92 Å². The zero-order chi connectivity index (χ0) is 11.1. The Hall–Kier alpha value is -1.59. The number of nitrogens with zero attached hydrogens (tertiary/aromatic N) is 1. The first-order chi connectivity index (χ1) is 6.28. The van der Waals surface area contributed by atoms with Gasteiger partial charge in [0.2, 0.25) is 5.91 Å². The third-order valence-electron chi connectivity index (χ3n) is 2.30. The predicted molar refractivity (Wildman–Crippen MR) is 48.1 cm³/mol. The Labute approximate surface area is 81.4 Å². The first-order valence-corrected chi connectivity index (χ1v) is 4.23. The van der Waals surface area contributed by atoms with Gasteiger partial charge in [-0.3, -0.25) is 9.59 Å². The monoisotopic (exact) mass is 199 g/mol. The molecule has 14 heavy (non-hydrogen) atoms. The molecule has 1 rings (SSSR count). The van der Waals surface area contributed by atoms with E-state index >= 15 is 0 Å². The van der Waals surface area contributed by atoms with Gasteiger partial charge in [-0.1, -0.05) is 0 Å². The molecule has 0 aliphatic carbocycles. The van der Waals surface area contributed by atoms with Gasteiger partial charge in [0, 0.05) is 0 Å². The number of hydrogen-bond donors (Lipinski definition) is 2. The minimum absolute atomic E-state index is 0.432. The molecule has 0 aromatic carbocycles. The Bertz CT molecular complexity index is 311. The number of amides is 4. The van der Waals surface area contributed by atoms with Crippen LogP contribution in [0.25, 0.3) is 0 Å². The number of urea groups is 1. The maximum atomic E-state index is 11.5. The van der Waals surface area contributed by atoms with E-state index in [4.69, 9.17) is 5.73 Å². The van der Waals surface area contributed by atoms with Crippen LogP contribution < -0.4 is 11.1 Å². The molecule has 3 N–H and O–H groups in total. The zero-order valence-corrected chi connectivity index (χ0v) is 8.33. The highest BCUT2D eigenvalue weighted by Gasteiger charge is 2.47. The molecule has 1 atom stereocenters. The Morgan fingerprint density at radius 2 is 2.00 bits per heavy atom. The summed E-state index contributed by atoms with van der Waals surface area (Å²) < 4.78 is 0. The molecule has 0 radical (unpaired) electrons. The average Bonchev–Trinajstić information content (AvgIpc) is 2.26. The molecule has 1 saturated heterocycles. The molecule has 1 aliphatic rings. The van der Waals surface area contributed by atoms with Gasteiger partial charge in [0.1, 0.15) is 11.6 Å². The summed E-state index contributed by atoms with van der Waals surface area (Å²) in [5.41, 5.74) is 3.82. The van der Waals surface area contributed by atoms with E-state index in [0.29, 0.717) is 0 Å². The van der Waals surface area contributed by atoms with E-state index in [-0.39, 0.29) is 0 Å². The molecule has 1 aliphatic heterocycles. The molecule has 4 amide bonds. The van der Waals surface area contributed by atoms with Gasteiger partial charge < -0.3 is 11.1 Å². The maximum absolute atomic E-state index is 11.5. The topological polar surface area (TPSA) is 92.5 Å². The van der Waals surface area contributed by atoms with E-state index in [9.17, 15) is 14.4 Å². The van der Waals surface area contributed by atoms with Gasteiger partial charge in [-0.2, -0.15) is 0 Å². The van der Waals surface area contributed by atoms with Crippen molar-refractivity contribution >= 4 is 17.8 Å². The van der Waals surface area contributed by atoms with Gasteiger partial charge in [-0.25, -0.2) is 9.69 Å². The van der Waals surface area contributed by atoms with Crippen molar-refractivity contribution in [1.82, 2.24) is 10.2 Å². The lowest BCUT2D eigenvalue weighted by molar-refractivity contribution is -0.138. The van der Waals surface area contributed by atoms with Crippen molar-refractivity contribution in [2.24, 2.45) is 5.73 Å². The molecule has 1 heterocycles. The van der Waals surface area contributed by atoms with Crippen molar-refractivity contribution in [1.29, 1.82) is 0 Å². The number of carbonyl (C=O) groups is 3. The SMILES string of the molecule is CC1NC(=O)N(C(C)(C)C(N)=O)C1=O. The van der Waals surface area contributed by atoms with E-state index in [2.05, 4.69) is 5.32 Å². The molecule has 78 valence electrons. The fraction of sp³-hybridized carbons (Fsp3) is 0.625. The third kappa shape index (κ3) is 1.32. The predicted octanol–water partition coefficient (Wildman–Crippen LogP) is -0.809. The van der Waals surface area contributed by atoms with Crippen LogP contribution in [-0.4, -0.2) is 34.3 Å². The number of imide groups is 1. The van der Waals surface area contributed by atoms with Crippen molar-refractivity contribution in [3.63, 3.8) is 0 Å². The molecule has 6 heteroatoms. The zero-order valence-electron chi connectivity index (χ0n) is 8.33. The van der Waals surface area contributed by atoms with Crippen LogP contribution in [0.15, 0.2) is 0 Å². The fourth-order valence-electron chi connectivity index (χ4n) is 1.24. The summed E-state index contributed by atoms with van der Waals surface area (Å²) in [5, 5.41) is 2.41. The second kappa shape index (κ2) is 2.97. The summed E-state index contributed by atoms with van der Waals surface area (Å²) in [6, 6.07) is -1.17. The number of primary amides is 1. The van der Waals surface area contributed by atoms with Gasteiger partial charge in [0.25, 0.3) is 5.91 Å². The summed E-state index contributed by atoms with van der Waals surface area (Å²) in [4.78, 5) is 34.7. The Kier molecular flexibility index (Phi) is 2.22. The van der Waals surface area contributed by atoms with Crippen LogP contribution in [0.5, 0.6) is 0 Å². The van der Waals surface area contributed by atoms with Crippen LogP contribution in [0.3, 0.4) is 0 Å². The average molecular weight is 199 g/mol. The lowest BCUT2D eigenvalue weighted by atomic mass is 10.0. The van der Waals surface area contributed by atoms with Gasteiger partial charge >= 0.3 is 6.03 Å². The summed E-state index contributed by atoms with van der Waals surface area (Å²) in [6.45, 7) is 4.42. The number of carbonyl (C=O) groups excluding carboxylic acids is 3. The van der Waals surface area contributed by atoms with Crippen molar-refractivity contribution in [2.45, 2.75) is 32.4 Å². The summed E-state index contributed by atoms with van der Waals surface area (Å²) in [6.07, 6.45) is 0. The minimum Gasteiger partial charge on any atom is -0.368 e. The van der Waals surface area contributed by atoms with Crippen LogP contribution in [0.1, 0.15) is 20.8 Å². The highest BCUT2D eigenvalue weighted by Crippen LogP contribution is 2.19. The lowest BCUT2D eigenvalue weighted by Crippen LogP contribution is -2.56. The molecule has 1 fully saturated rings. The first kappa shape index (κ1) is 10.5. The summed E-state index contributed by atoms with van der Waals surface area (Å²) >= 11 is 0. The molecule has 0 aromatic heterocycles. The van der Waals surface area contributed by atoms with Gasteiger partial charge in [-0.15, -0.1) is 0 Å². The third-order valence-corrected chi connectivity index (χ3v) is 2.30. The van der Waals surface area contributed by atoms with E-state index in [1.807, 2.05) is 0 Å². The van der Waals surface area contributed by atoms with E-state index in [0.717, 1.165) is 4.90 Å². The minimum atomic E-state index is -1.29. The summed E-state index contributed by atoms with van der Waals surface area (Å²) in [5.74, 6) is -1.14.